The highest BCUT2D eigenvalue weighted by Crippen LogP contribution is 2.38. The number of ether oxygens (including phenoxy) is 3. The van der Waals surface area contributed by atoms with Crippen LogP contribution in [0.2, 0.25) is 0 Å². The molecule has 0 heterocycles. The highest BCUT2D eigenvalue weighted by molar-refractivity contribution is 9.10. The van der Waals surface area contributed by atoms with Crippen LogP contribution in [0, 0.1) is 0 Å². The first kappa shape index (κ1) is 24.7. The number of aliphatic carboxylic acids is 1. The van der Waals surface area contributed by atoms with E-state index in [1.54, 1.807) is 24.3 Å². The number of amides is 2. The molecule has 0 aliphatic rings. The van der Waals surface area contributed by atoms with Gasteiger partial charge >= 0.3 is 5.97 Å². The van der Waals surface area contributed by atoms with Crippen LogP contribution in [0.5, 0.6) is 17.2 Å². The minimum atomic E-state index is -1.21. The average molecular weight is 507 g/mol. The molecule has 170 valence electrons. The molecule has 32 heavy (non-hydrogen) atoms. The molecule has 0 aliphatic carbocycles. The summed E-state index contributed by atoms with van der Waals surface area (Å²) in [6.07, 6.45) is 1.44. The van der Waals surface area contributed by atoms with Crippen LogP contribution < -0.4 is 24.8 Å². The lowest BCUT2D eigenvalue weighted by molar-refractivity contribution is -0.140. The van der Waals surface area contributed by atoms with E-state index in [0.29, 0.717) is 11.3 Å². The first-order valence-electron chi connectivity index (χ1n) is 9.32. The van der Waals surface area contributed by atoms with Crippen LogP contribution in [0.3, 0.4) is 0 Å². The van der Waals surface area contributed by atoms with Crippen LogP contribution in [-0.4, -0.2) is 50.3 Å². The molecule has 2 aromatic rings. The minimum absolute atomic E-state index is 0.139. The first-order chi connectivity index (χ1) is 15.2. The quantitative estimate of drug-likeness (QED) is 0.446. The van der Waals surface area contributed by atoms with Crippen molar-refractivity contribution in [1.29, 1.82) is 0 Å². The number of hydrogen-bond acceptors (Lipinski definition) is 6. The van der Waals surface area contributed by atoms with Gasteiger partial charge in [-0.1, -0.05) is 28.1 Å². The second-order valence-corrected chi connectivity index (χ2v) is 7.43. The van der Waals surface area contributed by atoms with Gasteiger partial charge in [-0.2, -0.15) is 0 Å². The molecule has 0 radical (unpaired) electrons. The Labute approximate surface area is 193 Å². The van der Waals surface area contributed by atoms with Crippen molar-refractivity contribution in [3.8, 4) is 17.2 Å². The van der Waals surface area contributed by atoms with Gasteiger partial charge in [-0.3, -0.25) is 14.4 Å². The van der Waals surface area contributed by atoms with Crippen molar-refractivity contribution in [2.45, 2.75) is 13.0 Å². The fraction of sp³-hybridized carbons (Fsp3) is 0.227. The van der Waals surface area contributed by atoms with Crippen LogP contribution in [0.1, 0.15) is 22.8 Å². The van der Waals surface area contributed by atoms with E-state index in [-0.39, 0.29) is 22.8 Å². The standard InChI is InChI=1S/C22H23BrN2O7/c1-12(22(28)29)24-21(27)16(9-13-5-7-15(23)8-6-13)25-20(26)14-10-17(30-2)19(32-4)18(11-14)31-3/h5-12H,1-4H3,(H,24,27)(H,25,26)(H,28,29)/b16-9-/t12-/m1/s1. The molecule has 9 nitrogen and oxygen atoms in total. The fourth-order valence-electron chi connectivity index (χ4n) is 2.63. The average Bonchev–Trinajstić information content (AvgIpc) is 2.78. The Bertz CT molecular complexity index is 1010. The smallest absolute Gasteiger partial charge is 0.325 e. The van der Waals surface area contributed by atoms with Crippen molar-refractivity contribution in [3.63, 3.8) is 0 Å². The van der Waals surface area contributed by atoms with E-state index < -0.39 is 23.8 Å². The predicted molar refractivity (Wildman–Crippen MR) is 121 cm³/mol. The van der Waals surface area contributed by atoms with Gasteiger partial charge in [-0.05, 0) is 42.8 Å². The number of carboxylic acids is 1. The Morgan fingerprint density at radius 2 is 1.56 bits per heavy atom. The van der Waals surface area contributed by atoms with E-state index in [9.17, 15) is 14.4 Å². The number of carboxylic acid groups (broad SMARTS) is 1. The number of carbonyl (C=O) groups excluding carboxylic acids is 2. The molecule has 2 amide bonds. The lowest BCUT2D eigenvalue weighted by Gasteiger charge is -2.16. The van der Waals surface area contributed by atoms with Gasteiger partial charge < -0.3 is 30.0 Å². The third kappa shape index (κ3) is 6.24. The van der Waals surface area contributed by atoms with Gasteiger partial charge in [0.25, 0.3) is 11.8 Å². The molecule has 0 saturated heterocycles. The van der Waals surface area contributed by atoms with Crippen molar-refractivity contribution in [2.24, 2.45) is 0 Å². The second-order valence-electron chi connectivity index (χ2n) is 6.51. The lowest BCUT2D eigenvalue weighted by atomic mass is 10.1. The summed E-state index contributed by atoms with van der Waals surface area (Å²) in [5.74, 6) is -1.77. The molecule has 0 saturated carbocycles. The Morgan fingerprint density at radius 1 is 1.00 bits per heavy atom. The Hall–Kier alpha value is -3.53. The predicted octanol–water partition coefficient (Wildman–Crippen LogP) is 2.84. The summed E-state index contributed by atoms with van der Waals surface area (Å²) in [5.41, 5.74) is 0.617. The van der Waals surface area contributed by atoms with Crippen molar-refractivity contribution >= 4 is 39.8 Å². The number of methoxy groups -OCH3 is 3. The number of benzene rings is 2. The largest absolute Gasteiger partial charge is 0.493 e. The monoisotopic (exact) mass is 506 g/mol. The summed E-state index contributed by atoms with van der Waals surface area (Å²) >= 11 is 3.33. The summed E-state index contributed by atoms with van der Waals surface area (Å²) in [7, 11) is 4.27. The van der Waals surface area contributed by atoms with E-state index >= 15 is 0 Å². The number of rotatable bonds is 9. The van der Waals surface area contributed by atoms with Crippen molar-refractivity contribution in [2.75, 3.05) is 21.3 Å². The van der Waals surface area contributed by atoms with Gasteiger partial charge in [0.2, 0.25) is 5.75 Å². The van der Waals surface area contributed by atoms with Crippen molar-refractivity contribution in [1.82, 2.24) is 10.6 Å². The first-order valence-corrected chi connectivity index (χ1v) is 10.1. The lowest BCUT2D eigenvalue weighted by Crippen LogP contribution is -2.42. The summed E-state index contributed by atoms with van der Waals surface area (Å²) in [6.45, 7) is 1.32. The molecule has 0 unspecified atom stereocenters. The van der Waals surface area contributed by atoms with E-state index in [1.807, 2.05) is 0 Å². The van der Waals surface area contributed by atoms with Gasteiger partial charge in [0.15, 0.2) is 11.5 Å². The summed E-state index contributed by atoms with van der Waals surface area (Å²) < 4.78 is 16.6. The van der Waals surface area contributed by atoms with E-state index in [1.165, 1.54) is 46.5 Å². The normalized spacial score (nSPS) is 11.8. The van der Waals surface area contributed by atoms with Crippen LogP contribution in [0.25, 0.3) is 6.08 Å². The number of hydrogen-bond donors (Lipinski definition) is 3. The third-order valence-corrected chi connectivity index (χ3v) is 4.85. The maximum Gasteiger partial charge on any atom is 0.325 e. The number of nitrogens with one attached hydrogen (secondary N) is 2. The van der Waals surface area contributed by atoms with Gasteiger partial charge in [0, 0.05) is 10.0 Å². The van der Waals surface area contributed by atoms with Gasteiger partial charge in [0.05, 0.1) is 21.3 Å². The Morgan fingerprint density at radius 3 is 2.03 bits per heavy atom. The van der Waals surface area contributed by atoms with E-state index in [4.69, 9.17) is 19.3 Å². The molecule has 0 aromatic heterocycles. The number of carbonyl (C=O) groups is 3. The zero-order valence-corrected chi connectivity index (χ0v) is 19.5. The molecular weight excluding hydrogens is 484 g/mol. The molecule has 0 spiro atoms. The van der Waals surface area contributed by atoms with Crippen LogP contribution in [-0.2, 0) is 9.59 Å². The summed E-state index contributed by atoms with van der Waals surface area (Å²) in [5, 5.41) is 14.0. The molecule has 2 rings (SSSR count). The van der Waals surface area contributed by atoms with Crippen LogP contribution in [0.15, 0.2) is 46.6 Å². The fourth-order valence-corrected chi connectivity index (χ4v) is 2.89. The van der Waals surface area contributed by atoms with Crippen molar-refractivity contribution < 1.29 is 33.7 Å². The zero-order valence-electron chi connectivity index (χ0n) is 17.9. The Kier molecular flexibility index (Phi) is 8.65. The highest BCUT2D eigenvalue weighted by Gasteiger charge is 2.22. The molecule has 2 aromatic carbocycles. The van der Waals surface area contributed by atoms with Crippen LogP contribution >= 0.6 is 15.9 Å². The number of halogens is 1. The molecule has 10 heteroatoms. The maximum absolute atomic E-state index is 13.0. The van der Waals surface area contributed by atoms with E-state index in [0.717, 1.165) is 4.47 Å². The van der Waals surface area contributed by atoms with E-state index in [2.05, 4.69) is 26.6 Å². The van der Waals surface area contributed by atoms with Gasteiger partial charge in [-0.25, -0.2) is 0 Å². The molecule has 1 atom stereocenters. The topological polar surface area (TPSA) is 123 Å². The highest BCUT2D eigenvalue weighted by atomic mass is 79.9. The maximum atomic E-state index is 13.0. The molecule has 0 fully saturated rings. The molecule has 3 N–H and O–H groups in total. The van der Waals surface area contributed by atoms with Gasteiger partial charge in [0.1, 0.15) is 11.7 Å². The Balaban J connectivity index is 2.42. The van der Waals surface area contributed by atoms with Gasteiger partial charge in [-0.15, -0.1) is 0 Å². The summed E-state index contributed by atoms with van der Waals surface area (Å²) in [4.78, 5) is 36.8. The third-order valence-electron chi connectivity index (χ3n) is 4.32. The van der Waals surface area contributed by atoms with Crippen molar-refractivity contribution in [3.05, 3.63) is 57.7 Å². The second kappa shape index (κ2) is 11.2. The summed E-state index contributed by atoms with van der Waals surface area (Å²) in [6, 6.07) is 8.70. The van der Waals surface area contributed by atoms with Crippen LogP contribution in [0.4, 0.5) is 0 Å². The minimum Gasteiger partial charge on any atom is -0.493 e. The SMILES string of the molecule is COc1cc(C(=O)N/C(=C\c2ccc(Br)cc2)C(=O)N[C@H](C)C(=O)O)cc(OC)c1OC. The molecule has 0 aliphatic heterocycles. The molecule has 0 bridgehead atoms. The zero-order chi connectivity index (χ0) is 23.8. The molecular formula is C22H23BrN2O7.